The van der Waals surface area contributed by atoms with Gasteiger partial charge in [0.2, 0.25) is 0 Å². The van der Waals surface area contributed by atoms with Gasteiger partial charge in [0, 0.05) is 12.2 Å². The molecule has 0 aliphatic rings. The van der Waals surface area contributed by atoms with Gasteiger partial charge in [-0.05, 0) is 20.3 Å². The highest BCUT2D eigenvalue weighted by molar-refractivity contribution is 5.86. The summed E-state index contributed by atoms with van der Waals surface area (Å²) < 4.78 is 15.6. The molecule has 0 saturated heterocycles. The van der Waals surface area contributed by atoms with E-state index in [4.69, 9.17) is 14.2 Å². The second-order valence-corrected chi connectivity index (χ2v) is 3.48. The Balaban J connectivity index is 3.66. The van der Waals surface area contributed by atoms with Crippen LogP contribution in [0.15, 0.2) is 12.2 Å². The Bertz CT molecular complexity index is 213. The van der Waals surface area contributed by atoms with E-state index in [9.17, 15) is 4.79 Å². The lowest BCUT2D eigenvalue weighted by molar-refractivity contribution is -0.143. The number of rotatable bonds is 9. The molecule has 1 atom stereocenters. The first-order valence-corrected chi connectivity index (χ1v) is 5.63. The normalized spacial score (nSPS) is 12.2. The zero-order valence-electron chi connectivity index (χ0n) is 10.5. The fourth-order valence-electron chi connectivity index (χ4n) is 0.994. The number of carbonyl (C=O) groups is 1. The summed E-state index contributed by atoms with van der Waals surface area (Å²) in [6, 6.07) is 0. The molecule has 4 nitrogen and oxygen atoms in total. The SMILES string of the molecule is C=C(C)C(=O)OCC(CC)OCCOCC. The fraction of sp³-hybridized carbons (Fsp3) is 0.750. The van der Waals surface area contributed by atoms with Crippen molar-refractivity contribution in [3.63, 3.8) is 0 Å². The molecule has 0 radical (unpaired) electrons. The van der Waals surface area contributed by atoms with E-state index in [0.29, 0.717) is 25.4 Å². The maximum Gasteiger partial charge on any atom is 0.333 e. The number of hydrogen-bond acceptors (Lipinski definition) is 4. The van der Waals surface area contributed by atoms with E-state index in [1.165, 1.54) is 0 Å². The largest absolute Gasteiger partial charge is 0.460 e. The van der Waals surface area contributed by atoms with Gasteiger partial charge in [0.1, 0.15) is 6.61 Å². The van der Waals surface area contributed by atoms with Crippen LogP contribution in [0.4, 0.5) is 0 Å². The molecule has 0 rings (SSSR count). The van der Waals surface area contributed by atoms with Crippen LogP contribution in [0.25, 0.3) is 0 Å². The Morgan fingerprint density at radius 2 is 2.00 bits per heavy atom. The van der Waals surface area contributed by atoms with Gasteiger partial charge < -0.3 is 14.2 Å². The second-order valence-electron chi connectivity index (χ2n) is 3.48. The summed E-state index contributed by atoms with van der Waals surface area (Å²) in [6.45, 7) is 11.1. The van der Waals surface area contributed by atoms with Gasteiger partial charge in [-0.25, -0.2) is 4.79 Å². The maximum absolute atomic E-state index is 11.1. The number of ether oxygens (including phenoxy) is 3. The molecular weight excluding hydrogens is 208 g/mol. The second kappa shape index (κ2) is 9.36. The fourth-order valence-corrected chi connectivity index (χ4v) is 0.994. The number of esters is 1. The molecule has 0 fully saturated rings. The summed E-state index contributed by atoms with van der Waals surface area (Å²) in [4.78, 5) is 11.1. The topological polar surface area (TPSA) is 44.8 Å². The van der Waals surface area contributed by atoms with E-state index >= 15 is 0 Å². The van der Waals surface area contributed by atoms with Gasteiger partial charge in [-0.3, -0.25) is 0 Å². The standard InChI is InChI=1S/C12H22O4/c1-5-11(15-8-7-14-6-2)9-16-12(13)10(3)4/h11H,3,5-9H2,1-2,4H3. The van der Waals surface area contributed by atoms with E-state index in [-0.39, 0.29) is 18.7 Å². The molecule has 0 N–H and O–H groups in total. The van der Waals surface area contributed by atoms with Crippen LogP contribution in [0, 0.1) is 0 Å². The Morgan fingerprint density at radius 3 is 2.50 bits per heavy atom. The monoisotopic (exact) mass is 230 g/mol. The van der Waals surface area contributed by atoms with Crippen molar-refractivity contribution in [2.75, 3.05) is 26.4 Å². The molecule has 4 heteroatoms. The van der Waals surface area contributed by atoms with Crippen molar-refractivity contribution in [2.45, 2.75) is 33.3 Å². The average molecular weight is 230 g/mol. The summed E-state index contributed by atoms with van der Waals surface area (Å²) in [6.07, 6.45) is 0.735. The molecule has 0 amide bonds. The van der Waals surface area contributed by atoms with Crippen LogP contribution in [0.1, 0.15) is 27.2 Å². The molecular formula is C12H22O4. The highest BCUT2D eigenvalue weighted by atomic mass is 16.6. The minimum atomic E-state index is -0.369. The molecule has 0 aliphatic carbocycles. The van der Waals surface area contributed by atoms with Gasteiger partial charge >= 0.3 is 5.97 Å². The zero-order valence-corrected chi connectivity index (χ0v) is 10.5. The highest BCUT2D eigenvalue weighted by Crippen LogP contribution is 2.01. The third-order valence-electron chi connectivity index (χ3n) is 1.99. The lowest BCUT2D eigenvalue weighted by atomic mass is 10.3. The van der Waals surface area contributed by atoms with Crippen molar-refractivity contribution >= 4 is 5.97 Å². The first-order chi connectivity index (χ1) is 7.61. The highest BCUT2D eigenvalue weighted by Gasteiger charge is 2.10. The van der Waals surface area contributed by atoms with Gasteiger partial charge in [0.25, 0.3) is 0 Å². The minimum absolute atomic E-state index is 0.0660. The van der Waals surface area contributed by atoms with Crippen molar-refractivity contribution < 1.29 is 19.0 Å². The Morgan fingerprint density at radius 1 is 1.31 bits per heavy atom. The summed E-state index contributed by atoms with van der Waals surface area (Å²) >= 11 is 0. The quantitative estimate of drug-likeness (QED) is 0.345. The summed E-state index contributed by atoms with van der Waals surface area (Å²) in [5.74, 6) is -0.369. The van der Waals surface area contributed by atoms with Crippen molar-refractivity contribution in [2.24, 2.45) is 0 Å². The van der Waals surface area contributed by atoms with Crippen molar-refractivity contribution in [1.29, 1.82) is 0 Å². The van der Waals surface area contributed by atoms with Crippen LogP contribution in [0.3, 0.4) is 0 Å². The molecule has 0 bridgehead atoms. The zero-order chi connectivity index (χ0) is 12.4. The molecule has 0 aliphatic heterocycles. The number of carbonyl (C=O) groups excluding carboxylic acids is 1. The van der Waals surface area contributed by atoms with E-state index in [1.807, 2.05) is 13.8 Å². The lowest BCUT2D eigenvalue weighted by Crippen LogP contribution is -2.23. The lowest BCUT2D eigenvalue weighted by Gasteiger charge is -2.16. The third kappa shape index (κ3) is 7.43. The smallest absolute Gasteiger partial charge is 0.333 e. The first-order valence-electron chi connectivity index (χ1n) is 5.63. The van der Waals surface area contributed by atoms with Crippen LogP contribution < -0.4 is 0 Å². The van der Waals surface area contributed by atoms with E-state index < -0.39 is 0 Å². The van der Waals surface area contributed by atoms with Crippen LogP contribution >= 0.6 is 0 Å². The molecule has 0 aromatic carbocycles. The van der Waals surface area contributed by atoms with E-state index in [0.717, 1.165) is 6.42 Å². The van der Waals surface area contributed by atoms with Crippen LogP contribution in [0.2, 0.25) is 0 Å². The first kappa shape index (κ1) is 15.1. The average Bonchev–Trinajstić information content (AvgIpc) is 2.27. The van der Waals surface area contributed by atoms with Crippen molar-refractivity contribution in [1.82, 2.24) is 0 Å². The Hall–Kier alpha value is -0.870. The summed E-state index contributed by atoms with van der Waals surface area (Å²) in [5, 5.41) is 0. The Kier molecular flexibility index (Phi) is 8.85. The van der Waals surface area contributed by atoms with Crippen LogP contribution in [-0.2, 0) is 19.0 Å². The molecule has 0 saturated carbocycles. The van der Waals surface area contributed by atoms with E-state index in [2.05, 4.69) is 6.58 Å². The molecule has 0 spiro atoms. The van der Waals surface area contributed by atoms with Gasteiger partial charge in [-0.2, -0.15) is 0 Å². The van der Waals surface area contributed by atoms with Gasteiger partial charge in [0.15, 0.2) is 0 Å². The predicted octanol–water partition coefficient (Wildman–Crippen LogP) is 1.94. The summed E-state index contributed by atoms with van der Waals surface area (Å²) in [7, 11) is 0. The van der Waals surface area contributed by atoms with Crippen molar-refractivity contribution in [3.05, 3.63) is 12.2 Å². The van der Waals surface area contributed by atoms with Crippen LogP contribution in [-0.4, -0.2) is 38.5 Å². The summed E-state index contributed by atoms with van der Waals surface area (Å²) in [5.41, 5.74) is 0.407. The molecule has 0 heterocycles. The number of hydrogen-bond donors (Lipinski definition) is 0. The van der Waals surface area contributed by atoms with Gasteiger partial charge in [-0.1, -0.05) is 13.5 Å². The molecule has 0 aromatic heterocycles. The molecule has 0 aromatic rings. The Labute approximate surface area is 97.6 Å². The molecule has 1 unspecified atom stereocenters. The van der Waals surface area contributed by atoms with E-state index in [1.54, 1.807) is 6.92 Å². The third-order valence-corrected chi connectivity index (χ3v) is 1.99. The molecule has 16 heavy (non-hydrogen) atoms. The molecule has 94 valence electrons. The maximum atomic E-state index is 11.1. The van der Waals surface area contributed by atoms with Gasteiger partial charge in [0.05, 0.1) is 19.3 Å². The predicted molar refractivity (Wildman–Crippen MR) is 62.3 cm³/mol. The van der Waals surface area contributed by atoms with Gasteiger partial charge in [-0.15, -0.1) is 0 Å². The minimum Gasteiger partial charge on any atom is -0.460 e. The van der Waals surface area contributed by atoms with Crippen LogP contribution in [0.5, 0.6) is 0 Å². The van der Waals surface area contributed by atoms with Crippen molar-refractivity contribution in [3.8, 4) is 0 Å².